The summed E-state index contributed by atoms with van der Waals surface area (Å²) in [5, 5.41) is 10.4. The second kappa shape index (κ2) is 8.43. The zero-order chi connectivity index (χ0) is 15.1. The van der Waals surface area contributed by atoms with Gasteiger partial charge in [-0.25, -0.2) is 0 Å². The lowest BCUT2D eigenvalue weighted by Gasteiger charge is -2.37. The van der Waals surface area contributed by atoms with Crippen molar-refractivity contribution in [1.29, 1.82) is 0 Å². The van der Waals surface area contributed by atoms with Crippen LogP contribution in [0.4, 0.5) is 5.69 Å². The van der Waals surface area contributed by atoms with E-state index in [1.165, 1.54) is 37.8 Å². The molecular formula is C19H31NO. The third-order valence-electron chi connectivity index (χ3n) is 4.99. The monoisotopic (exact) mass is 289 g/mol. The van der Waals surface area contributed by atoms with Gasteiger partial charge < -0.3 is 10.0 Å². The Balaban J connectivity index is 2.03. The minimum absolute atomic E-state index is 0.111. The summed E-state index contributed by atoms with van der Waals surface area (Å²) in [6, 6.07) is 10.7. The van der Waals surface area contributed by atoms with E-state index in [1.54, 1.807) is 0 Å². The van der Waals surface area contributed by atoms with Gasteiger partial charge in [0.25, 0.3) is 0 Å². The minimum Gasteiger partial charge on any atom is -0.393 e. The molecule has 2 rings (SSSR count). The molecule has 1 aromatic rings. The first-order chi connectivity index (χ1) is 10.2. The van der Waals surface area contributed by atoms with Crippen LogP contribution in [0.1, 0.15) is 52.4 Å². The molecule has 0 heterocycles. The maximum atomic E-state index is 10.4. The predicted molar refractivity (Wildman–Crippen MR) is 90.7 cm³/mol. The molecule has 0 aromatic heterocycles. The van der Waals surface area contributed by atoms with Crippen molar-refractivity contribution < 1.29 is 5.11 Å². The molecule has 3 atom stereocenters. The van der Waals surface area contributed by atoms with Crippen LogP contribution in [0.3, 0.4) is 0 Å². The van der Waals surface area contributed by atoms with Gasteiger partial charge in [-0.2, -0.15) is 0 Å². The maximum absolute atomic E-state index is 10.4. The fraction of sp³-hybridized carbons (Fsp3) is 0.684. The van der Waals surface area contributed by atoms with Crippen molar-refractivity contribution in [2.45, 2.75) is 58.5 Å². The third-order valence-corrected chi connectivity index (χ3v) is 4.99. The number of benzene rings is 1. The molecule has 1 fully saturated rings. The van der Waals surface area contributed by atoms with E-state index in [2.05, 4.69) is 49.1 Å². The first-order valence-corrected chi connectivity index (χ1v) is 8.72. The Labute approximate surface area is 130 Å². The summed E-state index contributed by atoms with van der Waals surface area (Å²) >= 11 is 0. The van der Waals surface area contributed by atoms with Crippen molar-refractivity contribution in [2.24, 2.45) is 11.8 Å². The molecule has 1 aliphatic carbocycles. The molecule has 2 heteroatoms. The fourth-order valence-electron chi connectivity index (χ4n) is 3.51. The Morgan fingerprint density at radius 2 is 1.90 bits per heavy atom. The van der Waals surface area contributed by atoms with Crippen LogP contribution in [0.5, 0.6) is 0 Å². The van der Waals surface area contributed by atoms with Gasteiger partial charge in [0.05, 0.1) is 6.10 Å². The number of anilines is 1. The molecule has 0 aliphatic heterocycles. The van der Waals surface area contributed by atoms with Gasteiger partial charge in [0.15, 0.2) is 0 Å². The SMILES string of the molecule is CCCCN(CC1CC(CC)CCC1O)c1ccccc1. The second-order valence-corrected chi connectivity index (χ2v) is 6.55. The normalized spacial score (nSPS) is 25.8. The van der Waals surface area contributed by atoms with Crippen LogP contribution in [0.2, 0.25) is 0 Å². The molecule has 1 aromatic carbocycles. The molecule has 3 unspecified atom stereocenters. The number of hydrogen-bond acceptors (Lipinski definition) is 2. The van der Waals surface area contributed by atoms with Crippen LogP contribution < -0.4 is 4.90 Å². The first kappa shape index (κ1) is 16.4. The van der Waals surface area contributed by atoms with Crippen molar-refractivity contribution in [3.05, 3.63) is 30.3 Å². The van der Waals surface area contributed by atoms with Crippen LogP contribution >= 0.6 is 0 Å². The Kier molecular flexibility index (Phi) is 6.56. The zero-order valence-electron chi connectivity index (χ0n) is 13.7. The summed E-state index contributed by atoms with van der Waals surface area (Å²) in [7, 11) is 0. The Hall–Kier alpha value is -1.02. The van der Waals surface area contributed by atoms with Crippen molar-refractivity contribution in [1.82, 2.24) is 0 Å². The van der Waals surface area contributed by atoms with E-state index in [9.17, 15) is 5.11 Å². The number of hydrogen-bond donors (Lipinski definition) is 1. The van der Waals surface area contributed by atoms with Gasteiger partial charge in [-0.3, -0.25) is 0 Å². The van der Waals surface area contributed by atoms with E-state index in [4.69, 9.17) is 0 Å². The second-order valence-electron chi connectivity index (χ2n) is 6.55. The third kappa shape index (κ3) is 4.74. The van der Waals surface area contributed by atoms with Gasteiger partial charge in [0.2, 0.25) is 0 Å². The molecule has 118 valence electrons. The van der Waals surface area contributed by atoms with Crippen LogP contribution in [-0.4, -0.2) is 24.3 Å². The number of rotatable bonds is 7. The molecule has 1 aliphatic rings. The van der Waals surface area contributed by atoms with Gasteiger partial charge >= 0.3 is 0 Å². The summed E-state index contributed by atoms with van der Waals surface area (Å²) in [4.78, 5) is 2.48. The van der Waals surface area contributed by atoms with Gasteiger partial charge in [0.1, 0.15) is 0 Å². The zero-order valence-corrected chi connectivity index (χ0v) is 13.7. The fourth-order valence-corrected chi connectivity index (χ4v) is 3.51. The molecule has 2 nitrogen and oxygen atoms in total. The van der Waals surface area contributed by atoms with Crippen LogP contribution in [0.25, 0.3) is 0 Å². The van der Waals surface area contributed by atoms with Crippen molar-refractivity contribution >= 4 is 5.69 Å². The lowest BCUT2D eigenvalue weighted by atomic mass is 9.78. The summed E-state index contributed by atoms with van der Waals surface area (Å²) in [5.41, 5.74) is 1.30. The molecular weight excluding hydrogens is 258 g/mol. The smallest absolute Gasteiger partial charge is 0.0585 e. The number of nitrogens with zero attached hydrogens (tertiary/aromatic N) is 1. The van der Waals surface area contributed by atoms with E-state index in [1.807, 2.05) is 0 Å². The largest absolute Gasteiger partial charge is 0.393 e. The lowest BCUT2D eigenvalue weighted by Crippen LogP contribution is -2.39. The number of para-hydroxylation sites is 1. The highest BCUT2D eigenvalue weighted by Crippen LogP contribution is 2.32. The molecule has 21 heavy (non-hydrogen) atoms. The van der Waals surface area contributed by atoms with Gasteiger partial charge in [-0.05, 0) is 43.7 Å². The predicted octanol–water partition coefficient (Wildman–Crippen LogP) is 4.48. The van der Waals surface area contributed by atoms with E-state index in [0.29, 0.717) is 5.92 Å². The Bertz CT molecular complexity index is 392. The van der Waals surface area contributed by atoms with Gasteiger partial charge in [0, 0.05) is 24.7 Å². The minimum atomic E-state index is -0.111. The quantitative estimate of drug-likeness (QED) is 0.800. The number of aliphatic hydroxyl groups is 1. The van der Waals surface area contributed by atoms with Gasteiger partial charge in [-0.15, -0.1) is 0 Å². The van der Waals surface area contributed by atoms with Crippen LogP contribution in [0, 0.1) is 11.8 Å². The van der Waals surface area contributed by atoms with Gasteiger partial charge in [-0.1, -0.05) is 44.9 Å². The molecule has 0 saturated heterocycles. The number of aliphatic hydroxyl groups excluding tert-OH is 1. The topological polar surface area (TPSA) is 23.5 Å². The molecule has 0 amide bonds. The summed E-state index contributed by atoms with van der Waals surface area (Å²) < 4.78 is 0. The lowest BCUT2D eigenvalue weighted by molar-refractivity contribution is 0.0506. The molecule has 0 radical (unpaired) electrons. The average Bonchev–Trinajstić information content (AvgIpc) is 2.54. The molecule has 1 saturated carbocycles. The van der Waals surface area contributed by atoms with E-state index < -0.39 is 0 Å². The highest BCUT2D eigenvalue weighted by atomic mass is 16.3. The maximum Gasteiger partial charge on any atom is 0.0585 e. The summed E-state index contributed by atoms with van der Waals surface area (Å²) in [5.74, 6) is 1.24. The van der Waals surface area contributed by atoms with Crippen molar-refractivity contribution in [3.63, 3.8) is 0 Å². The molecule has 1 N–H and O–H groups in total. The number of unbranched alkanes of at least 4 members (excludes halogenated alkanes) is 1. The van der Waals surface area contributed by atoms with Crippen molar-refractivity contribution in [3.8, 4) is 0 Å². The molecule has 0 spiro atoms. The van der Waals surface area contributed by atoms with E-state index >= 15 is 0 Å². The van der Waals surface area contributed by atoms with Crippen molar-refractivity contribution in [2.75, 3.05) is 18.0 Å². The summed E-state index contributed by atoms with van der Waals surface area (Å²) in [6.07, 6.45) is 6.95. The van der Waals surface area contributed by atoms with E-state index in [0.717, 1.165) is 25.4 Å². The molecule has 0 bridgehead atoms. The standard InChI is InChI=1S/C19H31NO/c1-3-5-13-20(18-9-7-6-8-10-18)15-17-14-16(4-2)11-12-19(17)21/h6-10,16-17,19,21H,3-5,11-15H2,1-2H3. The van der Waals surface area contributed by atoms with Crippen LogP contribution in [0.15, 0.2) is 30.3 Å². The summed E-state index contributed by atoms with van der Waals surface area (Å²) in [6.45, 7) is 6.62. The first-order valence-electron chi connectivity index (χ1n) is 8.72. The highest BCUT2D eigenvalue weighted by molar-refractivity contribution is 5.46. The highest BCUT2D eigenvalue weighted by Gasteiger charge is 2.29. The Morgan fingerprint density at radius 1 is 1.14 bits per heavy atom. The van der Waals surface area contributed by atoms with E-state index in [-0.39, 0.29) is 6.10 Å². The van der Waals surface area contributed by atoms with Crippen LogP contribution in [-0.2, 0) is 0 Å². The Morgan fingerprint density at radius 3 is 2.57 bits per heavy atom. The average molecular weight is 289 g/mol.